The van der Waals surface area contributed by atoms with Crippen LogP contribution in [0.2, 0.25) is 10.0 Å². The summed E-state index contributed by atoms with van der Waals surface area (Å²) >= 11 is 11.6. The monoisotopic (exact) mass is 306 g/mol. The molecule has 0 aliphatic carbocycles. The number of nitrogens with zero attached hydrogens (tertiary/aromatic N) is 1. The van der Waals surface area contributed by atoms with Crippen LogP contribution in [0.4, 0.5) is 10.6 Å². The summed E-state index contributed by atoms with van der Waals surface area (Å²) in [6.07, 6.45) is 1.48. The number of anilines is 1. The third-order valence-corrected chi connectivity index (χ3v) is 2.66. The number of carbonyl (C=O) groups excluding carboxylic acids is 1. The Morgan fingerprint density at radius 2 is 2.21 bits per heavy atom. The van der Waals surface area contributed by atoms with Crippen LogP contribution >= 0.6 is 23.2 Å². The van der Waals surface area contributed by atoms with E-state index in [1.807, 2.05) is 0 Å². The highest BCUT2D eigenvalue weighted by molar-refractivity contribution is 6.35. The Kier molecular flexibility index (Phi) is 6.69. The fraction of sp³-hybridized carbons (Fsp3) is 0.455. The molecule has 0 aliphatic heterocycles. The van der Waals surface area contributed by atoms with Crippen molar-refractivity contribution in [1.29, 1.82) is 0 Å². The molecule has 0 fully saturated rings. The summed E-state index contributed by atoms with van der Waals surface area (Å²) in [5.74, 6) is 0.511. The second kappa shape index (κ2) is 8.04. The average Bonchev–Trinajstić information content (AvgIpc) is 2.36. The molecule has 0 spiro atoms. The first-order valence-electron chi connectivity index (χ1n) is 5.73. The maximum Gasteiger partial charge on any atom is 0.315 e. The maximum absolute atomic E-state index is 11.3. The van der Waals surface area contributed by atoms with Crippen molar-refractivity contribution >= 4 is 35.1 Å². The van der Waals surface area contributed by atoms with E-state index in [2.05, 4.69) is 20.9 Å². The number of amides is 2. The van der Waals surface area contributed by atoms with E-state index in [-0.39, 0.29) is 18.7 Å². The summed E-state index contributed by atoms with van der Waals surface area (Å²) in [6.45, 7) is 2.46. The zero-order chi connectivity index (χ0) is 14.3. The van der Waals surface area contributed by atoms with Gasteiger partial charge in [0.05, 0.1) is 22.7 Å². The lowest BCUT2D eigenvalue weighted by molar-refractivity contribution is 0.221. The Morgan fingerprint density at radius 1 is 1.47 bits per heavy atom. The summed E-state index contributed by atoms with van der Waals surface area (Å²) in [6, 6.07) is 0.973. The number of nitrogens with one attached hydrogen (secondary N) is 3. The van der Waals surface area contributed by atoms with Gasteiger partial charge in [-0.15, -0.1) is 0 Å². The van der Waals surface area contributed by atoms with E-state index >= 15 is 0 Å². The molecule has 6 nitrogen and oxygen atoms in total. The molecule has 0 saturated heterocycles. The summed E-state index contributed by atoms with van der Waals surface area (Å²) in [7, 11) is 0. The minimum Gasteiger partial charge on any atom is -0.394 e. The van der Waals surface area contributed by atoms with Gasteiger partial charge >= 0.3 is 6.03 Å². The van der Waals surface area contributed by atoms with E-state index in [4.69, 9.17) is 28.3 Å². The largest absolute Gasteiger partial charge is 0.394 e. The van der Waals surface area contributed by atoms with Crippen molar-refractivity contribution in [1.82, 2.24) is 15.6 Å². The molecule has 0 aliphatic rings. The van der Waals surface area contributed by atoms with Crippen LogP contribution in [-0.2, 0) is 0 Å². The molecule has 106 valence electrons. The summed E-state index contributed by atoms with van der Waals surface area (Å²) in [5.41, 5.74) is 0. The van der Waals surface area contributed by atoms with Crippen LogP contribution < -0.4 is 16.0 Å². The quantitative estimate of drug-likeness (QED) is 0.600. The molecule has 4 N–H and O–H groups in total. The lowest BCUT2D eigenvalue weighted by atomic mass is 10.4. The standard InChI is InChI=1S/C11H16Cl2N4O2/c1-7(6-18)17-11(19)15-3-2-14-10-9(13)4-8(12)5-16-10/h4-5,7,18H,2-3,6H2,1H3,(H,14,16)(H2,15,17,19)/t7-/m0/s1. The molecule has 1 atom stereocenters. The Morgan fingerprint density at radius 3 is 2.84 bits per heavy atom. The van der Waals surface area contributed by atoms with Crippen molar-refractivity contribution in [2.24, 2.45) is 0 Å². The number of pyridine rings is 1. The average molecular weight is 307 g/mol. The van der Waals surface area contributed by atoms with Gasteiger partial charge in [-0.25, -0.2) is 9.78 Å². The van der Waals surface area contributed by atoms with E-state index in [1.165, 1.54) is 6.20 Å². The van der Waals surface area contributed by atoms with Crippen LogP contribution in [0, 0.1) is 0 Å². The minimum absolute atomic E-state index is 0.101. The van der Waals surface area contributed by atoms with Gasteiger partial charge in [0.1, 0.15) is 5.82 Å². The Balaban J connectivity index is 2.25. The third kappa shape index (κ3) is 5.96. The van der Waals surface area contributed by atoms with Crippen LogP contribution in [0.1, 0.15) is 6.92 Å². The fourth-order valence-corrected chi connectivity index (χ4v) is 1.67. The molecular weight excluding hydrogens is 291 g/mol. The summed E-state index contributed by atoms with van der Waals surface area (Å²) < 4.78 is 0. The van der Waals surface area contributed by atoms with Crippen LogP contribution in [0.3, 0.4) is 0 Å². The predicted octanol–water partition coefficient (Wildman–Crippen LogP) is 1.48. The molecule has 1 aromatic heterocycles. The first kappa shape index (κ1) is 15.8. The number of rotatable bonds is 6. The fourth-order valence-electron chi connectivity index (χ4n) is 1.22. The molecule has 0 unspecified atom stereocenters. The minimum atomic E-state index is -0.335. The van der Waals surface area contributed by atoms with Gasteiger partial charge in [0, 0.05) is 19.3 Å². The molecule has 0 bridgehead atoms. The van der Waals surface area contributed by atoms with E-state index < -0.39 is 0 Å². The molecule has 1 aromatic rings. The molecule has 8 heteroatoms. The van der Waals surface area contributed by atoms with Crippen LogP contribution in [-0.4, -0.2) is 41.9 Å². The number of hydrogen-bond donors (Lipinski definition) is 4. The molecule has 2 amide bonds. The van der Waals surface area contributed by atoms with Gasteiger partial charge < -0.3 is 21.1 Å². The van der Waals surface area contributed by atoms with Crippen molar-refractivity contribution in [2.75, 3.05) is 25.0 Å². The number of aromatic nitrogens is 1. The Labute approximate surface area is 121 Å². The number of urea groups is 1. The second-order valence-corrected chi connectivity index (χ2v) is 4.74. The van der Waals surface area contributed by atoms with Gasteiger partial charge in [0.15, 0.2) is 0 Å². The number of aliphatic hydroxyl groups is 1. The van der Waals surface area contributed by atoms with Crippen molar-refractivity contribution < 1.29 is 9.90 Å². The third-order valence-electron chi connectivity index (χ3n) is 2.16. The number of carbonyl (C=O) groups is 1. The molecule has 19 heavy (non-hydrogen) atoms. The SMILES string of the molecule is C[C@@H](CO)NC(=O)NCCNc1ncc(Cl)cc1Cl. The summed E-state index contributed by atoms with van der Waals surface area (Å²) in [4.78, 5) is 15.3. The summed E-state index contributed by atoms with van der Waals surface area (Å²) in [5, 5.41) is 17.8. The van der Waals surface area contributed by atoms with Crippen LogP contribution in [0.15, 0.2) is 12.3 Å². The van der Waals surface area contributed by atoms with Crippen molar-refractivity contribution in [3.63, 3.8) is 0 Å². The van der Waals surface area contributed by atoms with Gasteiger partial charge in [0.2, 0.25) is 0 Å². The topological polar surface area (TPSA) is 86.3 Å². The van der Waals surface area contributed by atoms with Gasteiger partial charge in [-0.2, -0.15) is 0 Å². The number of halogens is 2. The smallest absolute Gasteiger partial charge is 0.315 e. The van der Waals surface area contributed by atoms with Gasteiger partial charge in [-0.1, -0.05) is 23.2 Å². The van der Waals surface area contributed by atoms with E-state index in [0.29, 0.717) is 29.0 Å². The van der Waals surface area contributed by atoms with E-state index in [0.717, 1.165) is 0 Å². The van der Waals surface area contributed by atoms with Crippen LogP contribution in [0.5, 0.6) is 0 Å². The normalized spacial score (nSPS) is 11.8. The highest BCUT2D eigenvalue weighted by atomic mass is 35.5. The molecule has 1 heterocycles. The zero-order valence-electron chi connectivity index (χ0n) is 10.4. The molecule has 0 aromatic carbocycles. The first-order chi connectivity index (χ1) is 9.02. The molecule has 0 saturated carbocycles. The number of aliphatic hydroxyl groups excluding tert-OH is 1. The molecule has 0 radical (unpaired) electrons. The maximum atomic E-state index is 11.3. The molecule has 1 rings (SSSR count). The lowest BCUT2D eigenvalue weighted by Crippen LogP contribution is -2.43. The first-order valence-corrected chi connectivity index (χ1v) is 6.48. The van der Waals surface area contributed by atoms with Crippen LogP contribution in [0.25, 0.3) is 0 Å². The molecular formula is C11H16Cl2N4O2. The number of hydrogen-bond acceptors (Lipinski definition) is 4. The lowest BCUT2D eigenvalue weighted by Gasteiger charge is -2.12. The van der Waals surface area contributed by atoms with Crippen molar-refractivity contribution in [3.8, 4) is 0 Å². The Hall–Kier alpha value is -1.24. The van der Waals surface area contributed by atoms with E-state index in [9.17, 15) is 4.79 Å². The predicted molar refractivity (Wildman–Crippen MR) is 75.8 cm³/mol. The highest BCUT2D eigenvalue weighted by Gasteiger charge is 2.05. The van der Waals surface area contributed by atoms with Gasteiger partial charge in [0.25, 0.3) is 0 Å². The second-order valence-electron chi connectivity index (χ2n) is 3.89. The van der Waals surface area contributed by atoms with Crippen molar-refractivity contribution in [2.45, 2.75) is 13.0 Å². The van der Waals surface area contributed by atoms with Gasteiger partial charge in [-0.3, -0.25) is 0 Å². The van der Waals surface area contributed by atoms with E-state index in [1.54, 1.807) is 13.0 Å². The van der Waals surface area contributed by atoms with Crippen molar-refractivity contribution in [3.05, 3.63) is 22.3 Å². The Bertz CT molecular complexity index is 431. The zero-order valence-corrected chi connectivity index (χ0v) is 11.9. The highest BCUT2D eigenvalue weighted by Crippen LogP contribution is 2.21. The van der Waals surface area contributed by atoms with Gasteiger partial charge in [-0.05, 0) is 13.0 Å².